The molecule has 5 rings (SSSR count). The molecule has 1 amide bonds. The fraction of sp³-hybridized carbons (Fsp3) is 0.136. The zero-order valence-corrected chi connectivity index (χ0v) is 15.6. The van der Waals surface area contributed by atoms with Crippen LogP contribution in [0.2, 0.25) is 0 Å². The van der Waals surface area contributed by atoms with Crippen LogP contribution in [-0.2, 0) is 24.5 Å². The van der Waals surface area contributed by atoms with Crippen LogP contribution >= 0.6 is 0 Å². The van der Waals surface area contributed by atoms with E-state index in [1.54, 1.807) is 6.07 Å². The first-order chi connectivity index (χ1) is 14.2. The van der Waals surface area contributed by atoms with Crippen molar-refractivity contribution in [1.29, 1.82) is 0 Å². The second-order valence-electron chi connectivity index (χ2n) is 6.98. The normalized spacial score (nSPS) is 12.7. The van der Waals surface area contributed by atoms with Gasteiger partial charge in [0.25, 0.3) is 5.91 Å². The number of ether oxygens (including phenoxy) is 1. The molecule has 0 radical (unpaired) electrons. The SMILES string of the molecule is O=C(Nc1cc(-c2ccn(Cc3ccccc3)n2)[nH]n1)c1ccc2c(c1)COC2. The Kier molecular flexibility index (Phi) is 4.42. The van der Waals surface area contributed by atoms with Crippen LogP contribution in [0.5, 0.6) is 0 Å². The fourth-order valence-electron chi connectivity index (χ4n) is 3.38. The van der Waals surface area contributed by atoms with Gasteiger partial charge in [-0.15, -0.1) is 0 Å². The summed E-state index contributed by atoms with van der Waals surface area (Å²) in [5, 5.41) is 14.5. The average Bonchev–Trinajstić information content (AvgIpc) is 3.48. The van der Waals surface area contributed by atoms with E-state index >= 15 is 0 Å². The van der Waals surface area contributed by atoms with Crippen LogP contribution < -0.4 is 5.32 Å². The molecule has 2 aromatic carbocycles. The van der Waals surface area contributed by atoms with Crippen LogP contribution in [0.25, 0.3) is 11.4 Å². The molecule has 144 valence electrons. The van der Waals surface area contributed by atoms with E-state index in [0.717, 1.165) is 22.5 Å². The number of anilines is 1. The Morgan fingerprint density at radius 2 is 1.93 bits per heavy atom. The van der Waals surface area contributed by atoms with Gasteiger partial charge in [-0.1, -0.05) is 36.4 Å². The molecule has 0 atom stereocenters. The van der Waals surface area contributed by atoms with Crippen LogP contribution in [0.3, 0.4) is 0 Å². The molecule has 0 aliphatic carbocycles. The number of amides is 1. The van der Waals surface area contributed by atoms with Gasteiger partial charge in [0.2, 0.25) is 0 Å². The monoisotopic (exact) mass is 385 g/mol. The van der Waals surface area contributed by atoms with Gasteiger partial charge in [-0.2, -0.15) is 10.2 Å². The Hall–Kier alpha value is -3.71. The molecule has 0 spiro atoms. The van der Waals surface area contributed by atoms with Crippen molar-refractivity contribution in [3.05, 3.63) is 89.1 Å². The standard InChI is InChI=1S/C22H19N5O2/c28-22(16-6-7-17-13-29-14-18(17)10-16)23-21-11-20(24-25-21)19-8-9-27(26-19)12-15-4-2-1-3-5-15/h1-11H,12-14H2,(H2,23,24,25,28). The molecule has 29 heavy (non-hydrogen) atoms. The molecule has 3 heterocycles. The summed E-state index contributed by atoms with van der Waals surface area (Å²) in [5.74, 6) is 0.256. The Labute approximate surface area is 167 Å². The molecule has 0 saturated carbocycles. The summed E-state index contributed by atoms with van der Waals surface area (Å²) >= 11 is 0. The summed E-state index contributed by atoms with van der Waals surface area (Å²) in [6, 6.07) is 19.5. The van der Waals surface area contributed by atoms with Gasteiger partial charge in [0, 0.05) is 17.8 Å². The molecule has 0 saturated heterocycles. The van der Waals surface area contributed by atoms with Crippen LogP contribution in [0.15, 0.2) is 66.9 Å². The maximum atomic E-state index is 12.5. The Bertz CT molecular complexity index is 1160. The van der Waals surface area contributed by atoms with Crippen molar-refractivity contribution in [3.8, 4) is 11.4 Å². The van der Waals surface area contributed by atoms with Crippen molar-refractivity contribution < 1.29 is 9.53 Å². The molecule has 1 aliphatic heterocycles. The zero-order chi connectivity index (χ0) is 19.6. The number of fused-ring (bicyclic) bond motifs is 1. The molecule has 7 heteroatoms. The van der Waals surface area contributed by atoms with Gasteiger partial charge in [-0.3, -0.25) is 14.6 Å². The second-order valence-corrected chi connectivity index (χ2v) is 6.98. The van der Waals surface area contributed by atoms with E-state index in [9.17, 15) is 4.79 Å². The fourth-order valence-corrected chi connectivity index (χ4v) is 3.38. The van der Waals surface area contributed by atoms with E-state index in [0.29, 0.717) is 31.1 Å². The Morgan fingerprint density at radius 1 is 1.07 bits per heavy atom. The molecule has 2 N–H and O–H groups in total. The number of carbonyl (C=O) groups excluding carboxylic acids is 1. The van der Waals surface area contributed by atoms with Gasteiger partial charge in [-0.05, 0) is 34.9 Å². The van der Waals surface area contributed by atoms with Gasteiger partial charge in [-0.25, -0.2) is 0 Å². The zero-order valence-electron chi connectivity index (χ0n) is 15.6. The Morgan fingerprint density at radius 3 is 2.83 bits per heavy atom. The molecular formula is C22H19N5O2. The number of carbonyl (C=O) groups is 1. The van der Waals surface area contributed by atoms with Crippen LogP contribution in [0.1, 0.15) is 27.0 Å². The minimum atomic E-state index is -0.202. The van der Waals surface area contributed by atoms with E-state index < -0.39 is 0 Å². The van der Waals surface area contributed by atoms with E-state index in [1.807, 2.05) is 53.3 Å². The molecular weight excluding hydrogens is 366 g/mol. The highest BCUT2D eigenvalue weighted by Crippen LogP contribution is 2.22. The Balaban J connectivity index is 1.28. The summed E-state index contributed by atoms with van der Waals surface area (Å²) in [7, 11) is 0. The third kappa shape index (κ3) is 3.68. The van der Waals surface area contributed by atoms with Crippen LogP contribution in [0.4, 0.5) is 5.82 Å². The largest absolute Gasteiger partial charge is 0.372 e. The predicted octanol–water partition coefficient (Wildman–Crippen LogP) is 3.60. The summed E-state index contributed by atoms with van der Waals surface area (Å²) in [6.07, 6.45) is 1.92. The minimum Gasteiger partial charge on any atom is -0.372 e. The number of nitrogens with zero attached hydrogens (tertiary/aromatic N) is 3. The number of H-pyrrole nitrogens is 1. The van der Waals surface area contributed by atoms with E-state index in [2.05, 4.69) is 32.7 Å². The van der Waals surface area contributed by atoms with Gasteiger partial charge < -0.3 is 10.1 Å². The van der Waals surface area contributed by atoms with Crippen molar-refractivity contribution in [3.63, 3.8) is 0 Å². The lowest BCUT2D eigenvalue weighted by Gasteiger charge is -2.03. The minimum absolute atomic E-state index is 0.202. The molecule has 2 aromatic heterocycles. The third-order valence-corrected chi connectivity index (χ3v) is 4.91. The highest BCUT2D eigenvalue weighted by molar-refractivity contribution is 6.04. The lowest BCUT2D eigenvalue weighted by atomic mass is 10.1. The maximum Gasteiger partial charge on any atom is 0.256 e. The highest BCUT2D eigenvalue weighted by Gasteiger charge is 2.15. The molecule has 1 aliphatic rings. The van der Waals surface area contributed by atoms with Crippen molar-refractivity contribution >= 4 is 11.7 Å². The van der Waals surface area contributed by atoms with Gasteiger partial charge >= 0.3 is 0 Å². The van der Waals surface area contributed by atoms with E-state index in [-0.39, 0.29) is 5.91 Å². The quantitative estimate of drug-likeness (QED) is 0.550. The van der Waals surface area contributed by atoms with Gasteiger partial charge in [0.1, 0.15) is 5.69 Å². The number of benzene rings is 2. The number of aromatic nitrogens is 4. The summed E-state index contributed by atoms with van der Waals surface area (Å²) < 4.78 is 7.27. The number of hydrogen-bond acceptors (Lipinski definition) is 4. The van der Waals surface area contributed by atoms with Crippen LogP contribution in [-0.4, -0.2) is 25.9 Å². The number of aromatic amines is 1. The van der Waals surface area contributed by atoms with E-state index in [1.165, 1.54) is 5.56 Å². The average molecular weight is 385 g/mol. The smallest absolute Gasteiger partial charge is 0.256 e. The van der Waals surface area contributed by atoms with Gasteiger partial charge in [0.15, 0.2) is 5.82 Å². The summed E-state index contributed by atoms with van der Waals surface area (Å²) in [4.78, 5) is 12.5. The lowest BCUT2D eigenvalue weighted by Crippen LogP contribution is -2.12. The highest BCUT2D eigenvalue weighted by atomic mass is 16.5. The van der Waals surface area contributed by atoms with Crippen molar-refractivity contribution in [2.45, 2.75) is 19.8 Å². The van der Waals surface area contributed by atoms with E-state index in [4.69, 9.17) is 4.74 Å². The number of rotatable bonds is 5. The molecule has 0 fully saturated rings. The first-order valence-electron chi connectivity index (χ1n) is 9.39. The topological polar surface area (TPSA) is 84.8 Å². The summed E-state index contributed by atoms with van der Waals surface area (Å²) in [6.45, 7) is 1.85. The predicted molar refractivity (Wildman–Crippen MR) is 108 cm³/mol. The molecule has 7 nitrogen and oxygen atoms in total. The van der Waals surface area contributed by atoms with Crippen molar-refractivity contribution in [1.82, 2.24) is 20.0 Å². The molecule has 0 bridgehead atoms. The van der Waals surface area contributed by atoms with Crippen molar-refractivity contribution in [2.75, 3.05) is 5.32 Å². The number of hydrogen-bond donors (Lipinski definition) is 2. The molecule has 0 unspecified atom stereocenters. The maximum absolute atomic E-state index is 12.5. The number of nitrogens with one attached hydrogen (secondary N) is 2. The second kappa shape index (κ2) is 7.37. The van der Waals surface area contributed by atoms with Gasteiger partial charge in [0.05, 0.1) is 25.5 Å². The first kappa shape index (κ1) is 17.4. The molecule has 4 aromatic rings. The lowest BCUT2D eigenvalue weighted by molar-refractivity contribution is 0.102. The van der Waals surface area contributed by atoms with Crippen molar-refractivity contribution in [2.24, 2.45) is 0 Å². The first-order valence-corrected chi connectivity index (χ1v) is 9.39. The third-order valence-electron chi connectivity index (χ3n) is 4.91. The van der Waals surface area contributed by atoms with Crippen LogP contribution in [0, 0.1) is 0 Å². The summed E-state index contributed by atoms with van der Waals surface area (Å²) in [5.41, 5.74) is 5.47.